The first-order valence-corrected chi connectivity index (χ1v) is 13.6. The molecule has 3 nitrogen and oxygen atoms in total. The summed E-state index contributed by atoms with van der Waals surface area (Å²) < 4.78 is 0. The number of hydrogen-bond donors (Lipinski definition) is 2. The van der Waals surface area contributed by atoms with Gasteiger partial charge in [0, 0.05) is 11.0 Å². The van der Waals surface area contributed by atoms with Gasteiger partial charge in [0.15, 0.2) is 0 Å². The highest BCUT2D eigenvalue weighted by Crippen LogP contribution is 2.62. The van der Waals surface area contributed by atoms with Crippen molar-refractivity contribution in [2.75, 3.05) is 0 Å². The number of benzene rings is 3. The third-order valence-corrected chi connectivity index (χ3v) is 9.41. The fourth-order valence-electron chi connectivity index (χ4n) is 7.46. The van der Waals surface area contributed by atoms with Gasteiger partial charge in [-0.25, -0.2) is 0 Å². The van der Waals surface area contributed by atoms with Crippen molar-refractivity contribution in [3.63, 3.8) is 0 Å². The van der Waals surface area contributed by atoms with E-state index >= 15 is 0 Å². The second-order valence-corrected chi connectivity index (χ2v) is 11.5. The molecule has 5 atom stereocenters. The van der Waals surface area contributed by atoms with Gasteiger partial charge < -0.3 is 10.8 Å². The van der Waals surface area contributed by atoms with Crippen LogP contribution in [0, 0.1) is 17.3 Å². The Morgan fingerprint density at radius 1 is 0.946 bits per heavy atom. The molecule has 3 aromatic rings. The molecule has 37 heavy (non-hydrogen) atoms. The summed E-state index contributed by atoms with van der Waals surface area (Å²) >= 11 is 0. The Kier molecular flexibility index (Phi) is 6.12. The molecule has 0 bridgehead atoms. The summed E-state index contributed by atoms with van der Waals surface area (Å²) in [6.45, 7) is 2.30. The fraction of sp³-hybridized carbons (Fsp3) is 0.324. The van der Waals surface area contributed by atoms with Crippen LogP contribution in [0.15, 0.2) is 78.4 Å². The van der Waals surface area contributed by atoms with Crippen molar-refractivity contribution < 1.29 is 9.90 Å². The van der Waals surface area contributed by atoms with Crippen molar-refractivity contribution in [1.82, 2.24) is 0 Å². The van der Waals surface area contributed by atoms with E-state index < -0.39 is 12.0 Å². The third-order valence-electron chi connectivity index (χ3n) is 9.41. The zero-order valence-electron chi connectivity index (χ0n) is 21.4. The number of amides is 1. The molecule has 0 spiro atoms. The number of nitrogens with two attached hydrogens (primary N) is 1. The van der Waals surface area contributed by atoms with Crippen LogP contribution >= 0.6 is 0 Å². The zero-order chi connectivity index (χ0) is 25.6. The maximum absolute atomic E-state index is 11.6. The van der Waals surface area contributed by atoms with E-state index in [9.17, 15) is 9.90 Å². The van der Waals surface area contributed by atoms with Gasteiger partial charge in [0.05, 0.1) is 6.10 Å². The fourth-order valence-corrected chi connectivity index (χ4v) is 7.46. The molecule has 3 aliphatic carbocycles. The molecular formula is C34H35NO2. The first-order valence-electron chi connectivity index (χ1n) is 13.6. The van der Waals surface area contributed by atoms with Gasteiger partial charge in [0.2, 0.25) is 5.91 Å². The minimum absolute atomic E-state index is 0.0931. The van der Waals surface area contributed by atoms with Crippen molar-refractivity contribution >= 4 is 24.1 Å². The number of hydrogen-bond acceptors (Lipinski definition) is 2. The van der Waals surface area contributed by atoms with E-state index in [0.717, 1.165) is 36.8 Å². The standard InChI is InChI=1S/C34H35NO2/c1-34-17-16-29-28-14-12-23(11-10-22-6-3-2-4-7-22)18-25(28)13-15-30(29)31(34)21-27(32(34)36)20-24-8-5-9-26(19-24)33(35)37/h2-12,14,18-20,29-32,36H,13,15-17,21H2,1H3,(H2,35,37)/b11-10+,27-20+/t29-,30?,31+,32+,34?/m1/s1. The second-order valence-electron chi connectivity index (χ2n) is 11.5. The lowest BCUT2D eigenvalue weighted by molar-refractivity contribution is -0.0158. The molecule has 0 heterocycles. The summed E-state index contributed by atoms with van der Waals surface area (Å²) in [5, 5.41) is 11.5. The summed E-state index contributed by atoms with van der Waals surface area (Å²) in [5.41, 5.74) is 13.4. The number of fused-ring (bicyclic) bond motifs is 5. The number of carbonyl (C=O) groups excluding carboxylic acids is 1. The van der Waals surface area contributed by atoms with Gasteiger partial charge >= 0.3 is 0 Å². The maximum Gasteiger partial charge on any atom is 0.248 e. The highest BCUT2D eigenvalue weighted by Gasteiger charge is 2.56. The molecule has 0 aliphatic heterocycles. The Balaban J connectivity index is 1.25. The predicted molar refractivity (Wildman–Crippen MR) is 151 cm³/mol. The van der Waals surface area contributed by atoms with Gasteiger partial charge in [-0.2, -0.15) is 0 Å². The van der Waals surface area contributed by atoms with Crippen molar-refractivity contribution in [3.8, 4) is 0 Å². The highest BCUT2D eigenvalue weighted by atomic mass is 16.3. The van der Waals surface area contributed by atoms with Crippen LogP contribution in [-0.4, -0.2) is 17.1 Å². The summed E-state index contributed by atoms with van der Waals surface area (Å²) in [6, 6.07) is 24.9. The van der Waals surface area contributed by atoms with Crippen LogP contribution < -0.4 is 5.73 Å². The van der Waals surface area contributed by atoms with Crippen molar-refractivity contribution in [2.45, 2.75) is 51.0 Å². The van der Waals surface area contributed by atoms with E-state index in [1.165, 1.54) is 28.7 Å². The van der Waals surface area contributed by atoms with Gasteiger partial charge in [-0.15, -0.1) is 0 Å². The minimum Gasteiger partial charge on any atom is -0.388 e. The van der Waals surface area contributed by atoms with E-state index in [1.807, 2.05) is 24.3 Å². The number of carbonyl (C=O) groups is 1. The lowest BCUT2D eigenvalue weighted by atomic mass is 9.55. The minimum atomic E-state index is -0.442. The van der Waals surface area contributed by atoms with Crippen molar-refractivity contribution in [3.05, 3.63) is 112 Å². The van der Waals surface area contributed by atoms with E-state index in [4.69, 9.17) is 5.73 Å². The van der Waals surface area contributed by atoms with E-state index in [-0.39, 0.29) is 5.41 Å². The van der Waals surface area contributed by atoms with Crippen LogP contribution in [0.2, 0.25) is 0 Å². The topological polar surface area (TPSA) is 63.3 Å². The molecule has 3 aromatic carbocycles. The molecule has 2 unspecified atom stereocenters. The van der Waals surface area contributed by atoms with Gasteiger partial charge in [-0.05, 0) is 95.4 Å². The average molecular weight is 490 g/mol. The van der Waals surface area contributed by atoms with Gasteiger partial charge in [0.25, 0.3) is 0 Å². The summed E-state index contributed by atoms with van der Waals surface area (Å²) in [6.07, 6.45) is 11.4. The number of rotatable bonds is 4. The second kappa shape index (κ2) is 9.46. The number of aliphatic hydroxyl groups excluding tert-OH is 1. The quantitative estimate of drug-likeness (QED) is 0.393. The molecular weight excluding hydrogens is 454 g/mol. The number of aryl methyl sites for hydroxylation is 1. The Morgan fingerprint density at radius 3 is 2.54 bits per heavy atom. The lowest BCUT2D eigenvalue weighted by Gasteiger charge is -2.49. The van der Waals surface area contributed by atoms with Crippen LogP contribution in [0.1, 0.15) is 76.7 Å². The van der Waals surface area contributed by atoms with Crippen LogP contribution in [0.3, 0.4) is 0 Å². The SMILES string of the molecule is CC12CC[C@@H]3c4ccc(/C=C/c5ccccc5)cc4CCC3[C@@H]1C/C(=C\c1cccc(C(N)=O)c1)[C@@H]2O. The molecule has 3 aliphatic rings. The van der Waals surface area contributed by atoms with Crippen molar-refractivity contribution in [1.29, 1.82) is 0 Å². The summed E-state index contributed by atoms with van der Waals surface area (Å²) in [4.78, 5) is 11.6. The molecule has 3 N–H and O–H groups in total. The number of primary amides is 1. The lowest BCUT2D eigenvalue weighted by Crippen LogP contribution is -2.44. The zero-order valence-corrected chi connectivity index (χ0v) is 21.4. The molecule has 1 amide bonds. The molecule has 0 radical (unpaired) electrons. The first kappa shape index (κ1) is 23.9. The third kappa shape index (κ3) is 4.36. The summed E-state index contributed by atoms with van der Waals surface area (Å²) in [5.74, 6) is 1.21. The van der Waals surface area contributed by atoms with Gasteiger partial charge in [0.1, 0.15) is 0 Å². The molecule has 0 saturated heterocycles. The van der Waals surface area contributed by atoms with Crippen molar-refractivity contribution in [2.24, 2.45) is 23.0 Å². The van der Waals surface area contributed by atoms with Crippen LogP contribution in [0.5, 0.6) is 0 Å². The van der Waals surface area contributed by atoms with Gasteiger partial charge in [-0.1, -0.05) is 85.8 Å². The predicted octanol–water partition coefficient (Wildman–Crippen LogP) is 6.87. The molecule has 188 valence electrons. The van der Waals surface area contributed by atoms with E-state index in [0.29, 0.717) is 23.3 Å². The normalized spacial score (nSPS) is 29.6. The van der Waals surface area contributed by atoms with E-state index in [1.54, 1.807) is 6.07 Å². The molecule has 2 fully saturated rings. The Bertz CT molecular complexity index is 1390. The Labute approximate surface area is 219 Å². The average Bonchev–Trinajstić information content (AvgIpc) is 3.17. The molecule has 2 saturated carbocycles. The van der Waals surface area contributed by atoms with Gasteiger partial charge in [-0.3, -0.25) is 4.79 Å². The molecule has 0 aromatic heterocycles. The highest BCUT2D eigenvalue weighted by molar-refractivity contribution is 5.93. The first-order chi connectivity index (χ1) is 17.9. The molecule has 6 rings (SSSR count). The maximum atomic E-state index is 11.6. The largest absolute Gasteiger partial charge is 0.388 e. The smallest absolute Gasteiger partial charge is 0.248 e. The summed E-state index contributed by atoms with van der Waals surface area (Å²) in [7, 11) is 0. The molecule has 3 heteroatoms. The monoisotopic (exact) mass is 489 g/mol. The Hall–Kier alpha value is -3.43. The van der Waals surface area contributed by atoms with Crippen LogP contribution in [-0.2, 0) is 6.42 Å². The Morgan fingerprint density at radius 2 is 1.73 bits per heavy atom. The number of aliphatic hydroxyl groups is 1. The van der Waals surface area contributed by atoms with Crippen LogP contribution in [0.4, 0.5) is 0 Å². The van der Waals surface area contributed by atoms with Crippen LogP contribution in [0.25, 0.3) is 18.2 Å². The van der Waals surface area contributed by atoms with E-state index in [2.05, 4.69) is 67.6 Å².